The fraction of sp³-hybridized carbons (Fsp3) is 0.438. The maximum absolute atomic E-state index is 10.6. The van der Waals surface area contributed by atoms with Crippen LogP contribution in [0.15, 0.2) is 41.4 Å². The van der Waals surface area contributed by atoms with E-state index in [4.69, 9.17) is 0 Å². The number of benzene rings is 1. The van der Waals surface area contributed by atoms with Crippen LogP contribution in [0.5, 0.6) is 0 Å². The van der Waals surface area contributed by atoms with Gasteiger partial charge in [-0.25, -0.2) is 4.99 Å². The number of nitro groups is 1. The second-order valence-electron chi connectivity index (χ2n) is 5.67. The molecule has 0 heterocycles. The molecule has 0 aliphatic carbocycles. The SMILES string of the molecule is C=C(C)CNC(=NCc1ccc([N+](=O)[O-])cc1)NCC(C)C. The van der Waals surface area contributed by atoms with Crippen LogP contribution >= 0.6 is 0 Å². The number of non-ortho nitro benzene ring substituents is 1. The van der Waals surface area contributed by atoms with Crippen LogP contribution in [-0.4, -0.2) is 24.0 Å². The van der Waals surface area contributed by atoms with Crippen LogP contribution in [0.25, 0.3) is 0 Å². The van der Waals surface area contributed by atoms with Gasteiger partial charge in [0.15, 0.2) is 5.96 Å². The molecule has 120 valence electrons. The molecule has 0 aromatic heterocycles. The lowest BCUT2D eigenvalue weighted by molar-refractivity contribution is -0.384. The zero-order valence-corrected chi connectivity index (χ0v) is 13.4. The first kappa shape index (κ1) is 17.7. The summed E-state index contributed by atoms with van der Waals surface area (Å²) in [6.07, 6.45) is 0. The number of nitrogens with one attached hydrogen (secondary N) is 2. The van der Waals surface area contributed by atoms with E-state index in [1.54, 1.807) is 12.1 Å². The average molecular weight is 304 g/mol. The Balaban J connectivity index is 2.68. The van der Waals surface area contributed by atoms with Gasteiger partial charge in [0.1, 0.15) is 0 Å². The van der Waals surface area contributed by atoms with Gasteiger partial charge < -0.3 is 10.6 Å². The van der Waals surface area contributed by atoms with Crippen LogP contribution in [-0.2, 0) is 6.54 Å². The molecule has 0 spiro atoms. The van der Waals surface area contributed by atoms with Crippen LogP contribution in [0.1, 0.15) is 26.3 Å². The van der Waals surface area contributed by atoms with Gasteiger partial charge >= 0.3 is 0 Å². The molecule has 0 bridgehead atoms. The molecule has 0 aliphatic rings. The minimum atomic E-state index is -0.406. The molecule has 22 heavy (non-hydrogen) atoms. The highest BCUT2D eigenvalue weighted by Crippen LogP contribution is 2.12. The van der Waals surface area contributed by atoms with Gasteiger partial charge in [-0.05, 0) is 18.4 Å². The Bertz CT molecular complexity index is 536. The number of nitrogens with zero attached hydrogens (tertiary/aromatic N) is 2. The van der Waals surface area contributed by atoms with Crippen LogP contribution in [0.3, 0.4) is 0 Å². The van der Waals surface area contributed by atoms with Crippen molar-refractivity contribution in [3.05, 3.63) is 52.1 Å². The summed E-state index contributed by atoms with van der Waals surface area (Å²) >= 11 is 0. The van der Waals surface area contributed by atoms with E-state index < -0.39 is 4.92 Å². The summed E-state index contributed by atoms with van der Waals surface area (Å²) < 4.78 is 0. The predicted octanol–water partition coefficient (Wildman–Crippen LogP) is 2.86. The van der Waals surface area contributed by atoms with Crippen LogP contribution in [0, 0.1) is 16.0 Å². The smallest absolute Gasteiger partial charge is 0.269 e. The maximum Gasteiger partial charge on any atom is 0.269 e. The third kappa shape index (κ3) is 6.88. The zero-order valence-electron chi connectivity index (χ0n) is 13.4. The number of rotatable bonds is 7. The molecular weight excluding hydrogens is 280 g/mol. The van der Waals surface area contributed by atoms with Gasteiger partial charge in [-0.15, -0.1) is 0 Å². The first-order valence-electron chi connectivity index (χ1n) is 7.28. The number of hydrogen-bond donors (Lipinski definition) is 2. The molecule has 6 nitrogen and oxygen atoms in total. The Morgan fingerprint density at radius 3 is 2.45 bits per heavy atom. The maximum atomic E-state index is 10.6. The second-order valence-corrected chi connectivity index (χ2v) is 5.67. The third-order valence-electron chi connectivity index (χ3n) is 2.80. The third-order valence-corrected chi connectivity index (χ3v) is 2.80. The number of guanidine groups is 1. The highest BCUT2D eigenvalue weighted by Gasteiger charge is 2.04. The summed E-state index contributed by atoms with van der Waals surface area (Å²) in [5.41, 5.74) is 2.03. The van der Waals surface area contributed by atoms with Gasteiger partial charge in [-0.2, -0.15) is 0 Å². The van der Waals surface area contributed by atoms with E-state index in [0.29, 0.717) is 19.0 Å². The summed E-state index contributed by atoms with van der Waals surface area (Å²) in [6.45, 7) is 12.0. The molecule has 1 rings (SSSR count). The average Bonchev–Trinajstić information content (AvgIpc) is 2.46. The lowest BCUT2D eigenvalue weighted by Gasteiger charge is -2.14. The van der Waals surface area contributed by atoms with Crippen molar-refractivity contribution in [2.75, 3.05) is 13.1 Å². The lowest BCUT2D eigenvalue weighted by atomic mass is 10.2. The molecular formula is C16H24N4O2. The fourth-order valence-corrected chi connectivity index (χ4v) is 1.60. The minimum Gasteiger partial charge on any atom is -0.356 e. The van der Waals surface area contributed by atoms with E-state index in [0.717, 1.165) is 23.6 Å². The second kappa shape index (κ2) is 8.81. The Morgan fingerprint density at radius 2 is 1.95 bits per heavy atom. The van der Waals surface area contributed by atoms with Crippen molar-refractivity contribution in [2.24, 2.45) is 10.9 Å². The van der Waals surface area contributed by atoms with E-state index in [1.807, 2.05) is 6.92 Å². The minimum absolute atomic E-state index is 0.0892. The first-order chi connectivity index (χ1) is 10.4. The Morgan fingerprint density at radius 1 is 1.32 bits per heavy atom. The molecule has 0 saturated heterocycles. The van der Waals surface area contributed by atoms with Crippen molar-refractivity contribution in [1.29, 1.82) is 0 Å². The molecule has 0 atom stereocenters. The zero-order chi connectivity index (χ0) is 16.5. The van der Waals surface area contributed by atoms with E-state index in [2.05, 4.69) is 36.1 Å². The Labute approximate surface area is 131 Å². The monoisotopic (exact) mass is 304 g/mol. The molecule has 0 aliphatic heterocycles. The van der Waals surface area contributed by atoms with Gasteiger partial charge in [0.2, 0.25) is 0 Å². The van der Waals surface area contributed by atoms with Gasteiger partial charge in [-0.3, -0.25) is 10.1 Å². The van der Waals surface area contributed by atoms with Gasteiger partial charge in [0.25, 0.3) is 5.69 Å². The van der Waals surface area contributed by atoms with E-state index >= 15 is 0 Å². The molecule has 0 saturated carbocycles. The summed E-state index contributed by atoms with van der Waals surface area (Å²) in [5.74, 6) is 1.23. The molecule has 1 aromatic rings. The Kier molecular flexibility index (Phi) is 7.08. The Hall–Kier alpha value is -2.37. The van der Waals surface area contributed by atoms with Crippen LogP contribution < -0.4 is 10.6 Å². The summed E-state index contributed by atoms with van der Waals surface area (Å²) in [7, 11) is 0. The van der Waals surface area contributed by atoms with Crippen molar-refractivity contribution in [1.82, 2.24) is 10.6 Å². The highest BCUT2D eigenvalue weighted by molar-refractivity contribution is 5.80. The van der Waals surface area contributed by atoms with Gasteiger partial charge in [0, 0.05) is 25.2 Å². The van der Waals surface area contributed by atoms with E-state index in [9.17, 15) is 10.1 Å². The molecule has 0 amide bonds. The number of aliphatic imine (C=N–C) groups is 1. The largest absolute Gasteiger partial charge is 0.356 e. The molecule has 2 N–H and O–H groups in total. The van der Waals surface area contributed by atoms with E-state index in [-0.39, 0.29) is 5.69 Å². The molecule has 1 aromatic carbocycles. The quantitative estimate of drug-likeness (QED) is 0.267. The lowest BCUT2D eigenvalue weighted by Crippen LogP contribution is -2.39. The van der Waals surface area contributed by atoms with Gasteiger partial charge in [-0.1, -0.05) is 38.1 Å². The molecule has 0 fully saturated rings. The number of hydrogen-bond acceptors (Lipinski definition) is 3. The summed E-state index contributed by atoms with van der Waals surface area (Å²) in [5, 5.41) is 17.1. The molecule has 0 unspecified atom stereocenters. The highest BCUT2D eigenvalue weighted by atomic mass is 16.6. The van der Waals surface area contributed by atoms with E-state index in [1.165, 1.54) is 12.1 Å². The summed E-state index contributed by atoms with van der Waals surface area (Å²) in [4.78, 5) is 14.7. The molecule has 6 heteroatoms. The standard InChI is InChI=1S/C16H24N4O2/c1-12(2)9-17-16(18-10-13(3)4)19-11-14-5-7-15(8-6-14)20(21)22/h5-8,13H,1,9-11H2,2-4H3,(H2,17,18,19). The van der Waals surface area contributed by atoms with Crippen molar-refractivity contribution in [3.8, 4) is 0 Å². The fourth-order valence-electron chi connectivity index (χ4n) is 1.60. The normalized spacial score (nSPS) is 11.4. The first-order valence-corrected chi connectivity index (χ1v) is 7.28. The van der Waals surface area contributed by atoms with Crippen molar-refractivity contribution >= 4 is 11.6 Å². The van der Waals surface area contributed by atoms with Crippen molar-refractivity contribution in [3.63, 3.8) is 0 Å². The van der Waals surface area contributed by atoms with Crippen LogP contribution in [0.2, 0.25) is 0 Å². The van der Waals surface area contributed by atoms with Crippen molar-refractivity contribution < 1.29 is 4.92 Å². The van der Waals surface area contributed by atoms with Crippen molar-refractivity contribution in [2.45, 2.75) is 27.3 Å². The summed E-state index contributed by atoms with van der Waals surface area (Å²) in [6, 6.07) is 6.43. The number of nitro benzene ring substituents is 1. The topological polar surface area (TPSA) is 79.6 Å². The molecule has 0 radical (unpaired) electrons. The van der Waals surface area contributed by atoms with Crippen LogP contribution in [0.4, 0.5) is 5.69 Å². The predicted molar refractivity (Wildman–Crippen MR) is 89.9 cm³/mol. The van der Waals surface area contributed by atoms with Gasteiger partial charge in [0.05, 0.1) is 11.5 Å².